The van der Waals surface area contributed by atoms with Crippen molar-refractivity contribution in [3.63, 3.8) is 0 Å². The Morgan fingerprint density at radius 2 is 1.82 bits per heavy atom. The van der Waals surface area contributed by atoms with Crippen molar-refractivity contribution in [1.29, 1.82) is 0 Å². The lowest BCUT2D eigenvalue weighted by atomic mass is 9.67. The molecule has 0 spiro atoms. The van der Waals surface area contributed by atoms with Gasteiger partial charge in [0.15, 0.2) is 0 Å². The summed E-state index contributed by atoms with van der Waals surface area (Å²) in [4.78, 5) is 0. The summed E-state index contributed by atoms with van der Waals surface area (Å²) >= 11 is 0. The normalized spacial score (nSPS) is 30.5. The summed E-state index contributed by atoms with van der Waals surface area (Å²) in [6.07, 6.45) is 6.42. The van der Waals surface area contributed by atoms with Crippen LogP contribution >= 0.6 is 0 Å². The van der Waals surface area contributed by atoms with Crippen molar-refractivity contribution in [2.24, 2.45) is 11.1 Å². The van der Waals surface area contributed by atoms with Crippen molar-refractivity contribution in [2.75, 3.05) is 6.54 Å². The molecule has 1 aromatic carbocycles. The number of rotatable bonds is 2. The predicted molar refractivity (Wildman–Crippen MR) is 68.6 cm³/mol. The molecule has 2 aliphatic rings. The van der Waals surface area contributed by atoms with Crippen LogP contribution in [0.2, 0.25) is 0 Å². The number of hydrogen-bond donors (Lipinski definition) is 2. The molecular weight excluding hydrogens is 210 g/mol. The summed E-state index contributed by atoms with van der Waals surface area (Å²) in [5.74, 6) is 0. The number of fused-ring (bicyclic) bond motifs is 1. The average Bonchev–Trinajstić information content (AvgIpc) is 2.97. The van der Waals surface area contributed by atoms with Crippen LogP contribution in [0.5, 0.6) is 0 Å². The van der Waals surface area contributed by atoms with Gasteiger partial charge in [-0.1, -0.05) is 37.1 Å². The standard InChI is InChI=1S/C15H21NO/c16-11-14(8-3-4-9-14)15(17)10-7-12-5-1-2-6-13(12)15/h1-2,5-6,17H,3-4,7-11,16H2. The highest BCUT2D eigenvalue weighted by Gasteiger charge is 2.54. The number of aryl methyl sites for hydroxylation is 1. The second kappa shape index (κ2) is 3.82. The van der Waals surface area contributed by atoms with Crippen LogP contribution in [0.25, 0.3) is 0 Å². The van der Waals surface area contributed by atoms with E-state index in [1.165, 1.54) is 18.4 Å². The quantitative estimate of drug-likeness (QED) is 0.820. The first-order valence-corrected chi connectivity index (χ1v) is 6.73. The van der Waals surface area contributed by atoms with Gasteiger partial charge < -0.3 is 10.8 Å². The molecule has 0 aromatic heterocycles. The van der Waals surface area contributed by atoms with Crippen LogP contribution < -0.4 is 5.73 Å². The molecule has 2 nitrogen and oxygen atoms in total. The molecule has 1 fully saturated rings. The van der Waals surface area contributed by atoms with E-state index in [4.69, 9.17) is 5.73 Å². The molecule has 0 radical (unpaired) electrons. The third-order valence-electron chi connectivity index (χ3n) is 5.05. The molecule has 1 atom stereocenters. The first-order valence-electron chi connectivity index (χ1n) is 6.73. The zero-order valence-electron chi connectivity index (χ0n) is 10.3. The van der Waals surface area contributed by atoms with Crippen LogP contribution in [-0.4, -0.2) is 11.7 Å². The number of aliphatic hydroxyl groups is 1. The molecule has 17 heavy (non-hydrogen) atoms. The Morgan fingerprint density at radius 3 is 2.53 bits per heavy atom. The highest BCUT2D eigenvalue weighted by atomic mass is 16.3. The molecule has 1 aromatic rings. The minimum Gasteiger partial charge on any atom is -0.385 e. The summed E-state index contributed by atoms with van der Waals surface area (Å²) in [5.41, 5.74) is 7.75. The predicted octanol–water partition coefficient (Wildman–Crippen LogP) is 2.34. The number of benzene rings is 1. The van der Waals surface area contributed by atoms with Crippen LogP contribution in [0.15, 0.2) is 24.3 Å². The molecule has 1 unspecified atom stereocenters. The Morgan fingerprint density at radius 1 is 1.12 bits per heavy atom. The number of nitrogens with two attached hydrogens (primary N) is 1. The molecule has 2 aliphatic carbocycles. The first-order chi connectivity index (χ1) is 8.22. The van der Waals surface area contributed by atoms with Gasteiger partial charge in [0.1, 0.15) is 0 Å². The van der Waals surface area contributed by atoms with Gasteiger partial charge in [0, 0.05) is 12.0 Å². The summed E-state index contributed by atoms with van der Waals surface area (Å²) in [6.45, 7) is 0.609. The van der Waals surface area contributed by atoms with Gasteiger partial charge in [-0.25, -0.2) is 0 Å². The molecule has 0 bridgehead atoms. The van der Waals surface area contributed by atoms with Gasteiger partial charge in [-0.3, -0.25) is 0 Å². The Kier molecular flexibility index (Phi) is 2.53. The summed E-state index contributed by atoms with van der Waals surface area (Å²) in [7, 11) is 0. The molecule has 3 N–H and O–H groups in total. The van der Waals surface area contributed by atoms with E-state index in [9.17, 15) is 5.11 Å². The molecule has 92 valence electrons. The lowest BCUT2D eigenvalue weighted by Gasteiger charge is -2.43. The Balaban J connectivity index is 2.08. The van der Waals surface area contributed by atoms with Crippen LogP contribution in [0, 0.1) is 5.41 Å². The summed E-state index contributed by atoms with van der Waals surface area (Å²) < 4.78 is 0. The van der Waals surface area contributed by atoms with E-state index >= 15 is 0 Å². The van der Waals surface area contributed by atoms with Crippen LogP contribution in [0.4, 0.5) is 0 Å². The fraction of sp³-hybridized carbons (Fsp3) is 0.600. The molecular formula is C15H21NO. The largest absolute Gasteiger partial charge is 0.385 e. The highest BCUT2D eigenvalue weighted by molar-refractivity contribution is 5.39. The minimum absolute atomic E-state index is 0.0698. The van der Waals surface area contributed by atoms with E-state index in [-0.39, 0.29) is 5.41 Å². The molecule has 0 saturated heterocycles. The maximum absolute atomic E-state index is 11.2. The van der Waals surface area contributed by atoms with E-state index in [1.54, 1.807) is 0 Å². The van der Waals surface area contributed by atoms with Crippen molar-refractivity contribution in [3.05, 3.63) is 35.4 Å². The van der Waals surface area contributed by atoms with E-state index in [2.05, 4.69) is 18.2 Å². The van der Waals surface area contributed by atoms with Crippen molar-refractivity contribution in [2.45, 2.75) is 44.1 Å². The third-order valence-corrected chi connectivity index (χ3v) is 5.05. The van der Waals surface area contributed by atoms with Crippen molar-refractivity contribution in [3.8, 4) is 0 Å². The molecule has 1 saturated carbocycles. The lowest BCUT2D eigenvalue weighted by molar-refractivity contribution is -0.0835. The van der Waals surface area contributed by atoms with E-state index in [0.29, 0.717) is 6.54 Å². The van der Waals surface area contributed by atoms with Crippen LogP contribution in [0.1, 0.15) is 43.2 Å². The maximum Gasteiger partial charge on any atom is 0.0970 e. The number of hydrogen-bond acceptors (Lipinski definition) is 2. The molecule has 3 rings (SSSR count). The topological polar surface area (TPSA) is 46.2 Å². The smallest absolute Gasteiger partial charge is 0.0970 e. The van der Waals surface area contributed by atoms with Gasteiger partial charge in [0.25, 0.3) is 0 Å². The van der Waals surface area contributed by atoms with Crippen molar-refractivity contribution in [1.82, 2.24) is 0 Å². The molecule has 0 heterocycles. The summed E-state index contributed by atoms with van der Waals surface area (Å²) in [6, 6.07) is 8.34. The van der Waals surface area contributed by atoms with Crippen molar-refractivity contribution < 1.29 is 5.11 Å². The summed E-state index contributed by atoms with van der Waals surface area (Å²) in [5, 5.41) is 11.2. The molecule has 2 heteroatoms. The van der Waals surface area contributed by atoms with E-state index < -0.39 is 5.60 Å². The molecule has 0 aliphatic heterocycles. The van der Waals surface area contributed by atoms with E-state index in [0.717, 1.165) is 31.2 Å². The first kappa shape index (κ1) is 11.2. The SMILES string of the molecule is NCC1(C2(O)CCc3ccccc32)CCCC1. The monoisotopic (exact) mass is 231 g/mol. The maximum atomic E-state index is 11.2. The zero-order chi connectivity index (χ0) is 11.9. The van der Waals surface area contributed by atoms with Gasteiger partial charge in [0.05, 0.1) is 5.60 Å². The minimum atomic E-state index is -0.672. The van der Waals surface area contributed by atoms with Gasteiger partial charge in [-0.05, 0) is 36.8 Å². The third kappa shape index (κ3) is 1.40. The fourth-order valence-corrected chi connectivity index (χ4v) is 3.98. The fourth-order valence-electron chi connectivity index (χ4n) is 3.98. The Labute approximate surface area is 103 Å². The second-order valence-corrected chi connectivity index (χ2v) is 5.71. The van der Waals surface area contributed by atoms with Crippen molar-refractivity contribution >= 4 is 0 Å². The van der Waals surface area contributed by atoms with Gasteiger partial charge in [0.2, 0.25) is 0 Å². The van der Waals surface area contributed by atoms with Crippen LogP contribution in [0.3, 0.4) is 0 Å². The van der Waals surface area contributed by atoms with E-state index in [1.807, 2.05) is 6.07 Å². The zero-order valence-corrected chi connectivity index (χ0v) is 10.3. The van der Waals surface area contributed by atoms with Gasteiger partial charge in [-0.2, -0.15) is 0 Å². The Hall–Kier alpha value is -0.860. The Bertz CT molecular complexity index is 423. The average molecular weight is 231 g/mol. The second-order valence-electron chi connectivity index (χ2n) is 5.71. The molecule has 0 amide bonds. The van der Waals surface area contributed by atoms with Crippen LogP contribution in [-0.2, 0) is 12.0 Å². The van der Waals surface area contributed by atoms with Gasteiger partial charge in [-0.15, -0.1) is 0 Å². The van der Waals surface area contributed by atoms with Gasteiger partial charge >= 0.3 is 0 Å². The highest BCUT2D eigenvalue weighted by Crippen LogP contribution is 2.56. The lowest BCUT2D eigenvalue weighted by Crippen LogP contribution is -2.47.